The SMILES string of the molecule is C[C@@]1(C(=O)Nc2cccc(-n3cc(C(=O)O)nn3)c2)CC1(F)F. The van der Waals surface area contributed by atoms with Crippen LogP contribution < -0.4 is 5.32 Å². The number of nitrogens with zero attached hydrogens (tertiary/aromatic N) is 3. The molecule has 1 amide bonds. The van der Waals surface area contributed by atoms with Crippen molar-refractivity contribution in [2.75, 3.05) is 5.32 Å². The van der Waals surface area contributed by atoms with Crippen LogP contribution in [0.5, 0.6) is 0 Å². The minimum atomic E-state index is -2.99. The minimum Gasteiger partial charge on any atom is -0.476 e. The van der Waals surface area contributed by atoms with Crippen LogP contribution in [0.25, 0.3) is 5.69 Å². The van der Waals surface area contributed by atoms with Crippen molar-refractivity contribution in [2.24, 2.45) is 5.41 Å². The minimum absolute atomic E-state index is 0.232. The van der Waals surface area contributed by atoms with E-state index in [-0.39, 0.29) is 5.69 Å². The zero-order valence-electron chi connectivity index (χ0n) is 12.0. The van der Waals surface area contributed by atoms with Gasteiger partial charge in [0.25, 0.3) is 5.92 Å². The number of anilines is 1. The molecule has 23 heavy (non-hydrogen) atoms. The molecule has 7 nitrogen and oxygen atoms in total. The van der Waals surface area contributed by atoms with E-state index in [0.717, 1.165) is 0 Å². The molecule has 0 radical (unpaired) electrons. The molecule has 1 fully saturated rings. The second-order valence-corrected chi connectivity index (χ2v) is 5.57. The van der Waals surface area contributed by atoms with E-state index < -0.39 is 29.6 Å². The normalized spacial score (nSPS) is 21.7. The lowest BCUT2D eigenvalue weighted by Gasteiger charge is -2.12. The molecule has 3 rings (SSSR count). The number of aromatic carboxylic acids is 1. The number of nitrogens with one attached hydrogen (secondary N) is 1. The molecule has 0 aliphatic heterocycles. The van der Waals surface area contributed by atoms with Gasteiger partial charge in [-0.15, -0.1) is 5.10 Å². The summed E-state index contributed by atoms with van der Waals surface area (Å²) in [5.41, 5.74) is -1.17. The highest BCUT2D eigenvalue weighted by Gasteiger charge is 2.72. The van der Waals surface area contributed by atoms with Crippen LogP contribution in [-0.4, -0.2) is 37.9 Å². The molecule has 2 aromatic rings. The molecule has 120 valence electrons. The highest BCUT2D eigenvalue weighted by atomic mass is 19.3. The molecule has 0 saturated heterocycles. The van der Waals surface area contributed by atoms with Crippen molar-refractivity contribution in [1.82, 2.24) is 15.0 Å². The van der Waals surface area contributed by atoms with E-state index in [0.29, 0.717) is 11.4 Å². The summed E-state index contributed by atoms with van der Waals surface area (Å²) in [7, 11) is 0. The molecule has 0 bridgehead atoms. The van der Waals surface area contributed by atoms with Crippen molar-refractivity contribution < 1.29 is 23.5 Å². The van der Waals surface area contributed by atoms with Gasteiger partial charge in [-0.05, 0) is 25.1 Å². The van der Waals surface area contributed by atoms with E-state index in [2.05, 4.69) is 15.6 Å². The maximum atomic E-state index is 13.2. The van der Waals surface area contributed by atoms with Crippen LogP contribution in [0.15, 0.2) is 30.5 Å². The molecule has 1 aromatic carbocycles. The van der Waals surface area contributed by atoms with Crippen molar-refractivity contribution in [3.05, 3.63) is 36.2 Å². The first-order chi connectivity index (χ1) is 10.7. The molecule has 2 N–H and O–H groups in total. The molecule has 1 heterocycles. The molecule has 1 aromatic heterocycles. The topological polar surface area (TPSA) is 97.1 Å². The molecule has 9 heteroatoms. The first-order valence-corrected chi connectivity index (χ1v) is 6.68. The Kier molecular flexibility index (Phi) is 3.17. The van der Waals surface area contributed by atoms with Crippen LogP contribution in [0.3, 0.4) is 0 Å². The maximum absolute atomic E-state index is 13.2. The Hall–Kier alpha value is -2.84. The number of alkyl halides is 2. The largest absolute Gasteiger partial charge is 0.476 e. The molecular formula is C14H12F2N4O3. The maximum Gasteiger partial charge on any atom is 0.358 e. The Labute approximate surface area is 128 Å². The van der Waals surface area contributed by atoms with Crippen molar-refractivity contribution in [3.8, 4) is 5.69 Å². The third kappa shape index (κ3) is 2.54. The quantitative estimate of drug-likeness (QED) is 0.896. The van der Waals surface area contributed by atoms with Crippen molar-refractivity contribution in [2.45, 2.75) is 19.3 Å². The van der Waals surface area contributed by atoms with Gasteiger partial charge in [0.1, 0.15) is 5.41 Å². The number of halogens is 2. The summed E-state index contributed by atoms with van der Waals surface area (Å²) in [6.45, 7) is 1.21. The molecular weight excluding hydrogens is 310 g/mol. The zero-order valence-corrected chi connectivity index (χ0v) is 12.0. The number of aromatic nitrogens is 3. The molecule has 1 aliphatic rings. The number of amides is 1. The molecule has 1 aliphatic carbocycles. The number of carbonyl (C=O) groups excluding carboxylic acids is 1. The van der Waals surface area contributed by atoms with Gasteiger partial charge in [-0.25, -0.2) is 18.3 Å². The number of benzene rings is 1. The number of rotatable bonds is 4. The average Bonchev–Trinajstić information content (AvgIpc) is 2.87. The first kappa shape index (κ1) is 15.1. The summed E-state index contributed by atoms with van der Waals surface area (Å²) in [6, 6.07) is 6.23. The Morgan fingerprint density at radius 3 is 2.65 bits per heavy atom. The van der Waals surface area contributed by atoms with Crippen LogP contribution in [0, 0.1) is 5.41 Å². The molecule has 1 atom stereocenters. The fraction of sp³-hybridized carbons (Fsp3) is 0.286. The van der Waals surface area contributed by atoms with E-state index in [1.165, 1.54) is 23.9 Å². The molecule has 0 spiro atoms. The molecule has 0 unspecified atom stereocenters. The standard InChI is InChI=1S/C14H12F2N4O3/c1-13(7-14(13,15)16)12(23)17-8-3-2-4-9(5-8)20-6-10(11(21)22)18-19-20/h2-6H,7H2,1H3,(H,17,23)(H,21,22)/t13-/m0/s1. The molecule has 1 saturated carbocycles. The average molecular weight is 322 g/mol. The van der Waals surface area contributed by atoms with Gasteiger partial charge >= 0.3 is 5.97 Å². The highest BCUT2D eigenvalue weighted by molar-refractivity contribution is 5.98. The van der Waals surface area contributed by atoms with E-state index >= 15 is 0 Å². The van der Waals surface area contributed by atoms with Crippen molar-refractivity contribution >= 4 is 17.6 Å². The predicted molar refractivity (Wildman–Crippen MR) is 74.6 cm³/mol. The zero-order chi connectivity index (χ0) is 16.8. The number of carboxylic acid groups (broad SMARTS) is 1. The van der Waals surface area contributed by atoms with Crippen molar-refractivity contribution in [3.63, 3.8) is 0 Å². The Morgan fingerprint density at radius 1 is 1.39 bits per heavy atom. The van der Waals surface area contributed by atoms with Gasteiger partial charge in [-0.1, -0.05) is 11.3 Å². The van der Waals surface area contributed by atoms with Gasteiger partial charge < -0.3 is 10.4 Å². The predicted octanol–water partition coefficient (Wildman–Crippen LogP) is 1.95. The van der Waals surface area contributed by atoms with Crippen LogP contribution in [0.1, 0.15) is 23.8 Å². The highest BCUT2D eigenvalue weighted by Crippen LogP contribution is 2.60. The van der Waals surface area contributed by atoms with Crippen molar-refractivity contribution in [1.29, 1.82) is 0 Å². The number of hydrogen-bond acceptors (Lipinski definition) is 4. The summed E-state index contributed by atoms with van der Waals surface area (Å²) in [5, 5.41) is 18.4. The summed E-state index contributed by atoms with van der Waals surface area (Å²) in [6.07, 6.45) is 0.732. The Morgan fingerprint density at radius 2 is 2.09 bits per heavy atom. The van der Waals surface area contributed by atoms with E-state index in [1.807, 2.05) is 0 Å². The van der Waals surface area contributed by atoms with E-state index in [4.69, 9.17) is 5.11 Å². The lowest BCUT2D eigenvalue weighted by molar-refractivity contribution is -0.123. The summed E-state index contributed by atoms with van der Waals surface area (Å²) in [4.78, 5) is 22.7. The summed E-state index contributed by atoms with van der Waals surface area (Å²) < 4.78 is 27.7. The van der Waals surface area contributed by atoms with Gasteiger partial charge in [0.15, 0.2) is 5.69 Å². The number of hydrogen-bond donors (Lipinski definition) is 2. The third-order valence-corrected chi connectivity index (χ3v) is 3.84. The van der Waals surface area contributed by atoms with E-state index in [1.54, 1.807) is 18.2 Å². The van der Waals surface area contributed by atoms with E-state index in [9.17, 15) is 18.4 Å². The second kappa shape index (κ2) is 4.83. The summed E-state index contributed by atoms with van der Waals surface area (Å²) >= 11 is 0. The fourth-order valence-corrected chi connectivity index (χ4v) is 2.13. The van der Waals surface area contributed by atoms with Gasteiger partial charge in [0, 0.05) is 12.1 Å². The van der Waals surface area contributed by atoms with Gasteiger partial charge in [-0.3, -0.25) is 4.79 Å². The second-order valence-electron chi connectivity index (χ2n) is 5.57. The van der Waals surface area contributed by atoms with Crippen LogP contribution in [0.4, 0.5) is 14.5 Å². The number of carbonyl (C=O) groups is 2. The van der Waals surface area contributed by atoms with Gasteiger partial charge in [-0.2, -0.15) is 0 Å². The van der Waals surface area contributed by atoms with Crippen LogP contribution >= 0.6 is 0 Å². The van der Waals surface area contributed by atoms with Crippen LogP contribution in [0.2, 0.25) is 0 Å². The lowest BCUT2D eigenvalue weighted by atomic mass is 10.1. The summed E-state index contributed by atoms with van der Waals surface area (Å²) in [5.74, 6) is -4.97. The Balaban J connectivity index is 1.80. The monoisotopic (exact) mass is 322 g/mol. The van der Waals surface area contributed by atoms with Gasteiger partial charge in [0.2, 0.25) is 5.91 Å². The Bertz CT molecular complexity index is 805. The lowest BCUT2D eigenvalue weighted by Crippen LogP contribution is -2.26. The number of carboxylic acids is 1. The smallest absolute Gasteiger partial charge is 0.358 e. The first-order valence-electron chi connectivity index (χ1n) is 6.68. The fourth-order valence-electron chi connectivity index (χ4n) is 2.13. The van der Waals surface area contributed by atoms with Crippen LogP contribution in [-0.2, 0) is 4.79 Å². The third-order valence-electron chi connectivity index (χ3n) is 3.84. The van der Waals surface area contributed by atoms with Gasteiger partial charge in [0.05, 0.1) is 11.9 Å².